The van der Waals surface area contributed by atoms with E-state index in [0.717, 1.165) is 0 Å². The fraction of sp³-hybridized carbons (Fsp3) is 0.167. The summed E-state index contributed by atoms with van der Waals surface area (Å²) in [5.41, 5.74) is 1.20. The quantitative estimate of drug-likeness (QED) is 0.387. The molecule has 0 fully saturated rings. The fourth-order valence-electron chi connectivity index (χ4n) is 0.503. The topological polar surface area (TPSA) is 0 Å². The molecule has 0 amide bonds. The molecule has 0 aliphatic heterocycles. The summed E-state index contributed by atoms with van der Waals surface area (Å²) in [6.07, 6.45) is 0. The summed E-state index contributed by atoms with van der Waals surface area (Å²) in [7, 11) is 0. The molecule has 0 unspecified atom stereocenters. The zero-order valence-electron chi connectivity index (χ0n) is 3.89. The minimum atomic E-state index is 0.632. The van der Waals surface area contributed by atoms with Crippen molar-refractivity contribution < 1.29 is 0 Å². The SMILES string of the molecule is ClCc1cc[cH-]c1. The molecule has 0 saturated heterocycles. The minimum absolute atomic E-state index is 0.632. The van der Waals surface area contributed by atoms with E-state index in [2.05, 4.69) is 0 Å². The van der Waals surface area contributed by atoms with Crippen LogP contribution < -0.4 is 0 Å². The number of hydrogen-bond acceptors (Lipinski definition) is 0. The summed E-state index contributed by atoms with van der Waals surface area (Å²) in [6, 6.07) is 7.98. The molecule has 0 saturated carbocycles. The van der Waals surface area contributed by atoms with Gasteiger partial charge in [-0.1, -0.05) is 0 Å². The first-order chi connectivity index (χ1) is 3.43. The highest BCUT2D eigenvalue weighted by molar-refractivity contribution is 6.17. The van der Waals surface area contributed by atoms with Crippen molar-refractivity contribution in [2.24, 2.45) is 0 Å². The molecule has 0 aliphatic rings. The summed E-state index contributed by atoms with van der Waals surface area (Å²) in [5, 5.41) is 0. The predicted molar refractivity (Wildman–Crippen MR) is 31.6 cm³/mol. The molecule has 0 aromatic heterocycles. The molecule has 0 atom stereocenters. The van der Waals surface area contributed by atoms with Crippen LogP contribution in [0.5, 0.6) is 0 Å². The van der Waals surface area contributed by atoms with Crippen LogP contribution in [0.2, 0.25) is 0 Å². The Bertz CT molecular complexity index is 119. The van der Waals surface area contributed by atoms with Crippen molar-refractivity contribution in [3.05, 3.63) is 29.8 Å². The monoisotopic (exact) mass is 113 g/mol. The first-order valence-corrected chi connectivity index (χ1v) is 2.73. The molecular formula is C6H6Cl-. The molecule has 38 valence electrons. The maximum Gasteiger partial charge on any atom is -0.00751 e. The van der Waals surface area contributed by atoms with Crippen molar-refractivity contribution >= 4 is 11.6 Å². The van der Waals surface area contributed by atoms with E-state index in [4.69, 9.17) is 11.6 Å². The number of rotatable bonds is 1. The lowest BCUT2D eigenvalue weighted by Crippen LogP contribution is -1.62. The molecule has 1 aromatic rings. The average Bonchev–Trinajstić information content (AvgIpc) is 2.14. The van der Waals surface area contributed by atoms with E-state index < -0.39 is 0 Å². The molecule has 0 heterocycles. The van der Waals surface area contributed by atoms with Gasteiger partial charge in [-0.05, 0) is 5.88 Å². The average molecular weight is 114 g/mol. The highest BCUT2D eigenvalue weighted by Gasteiger charge is 1.71. The molecule has 0 bridgehead atoms. The van der Waals surface area contributed by atoms with Gasteiger partial charge in [0.25, 0.3) is 0 Å². The highest BCUT2D eigenvalue weighted by atomic mass is 35.5. The Kier molecular flexibility index (Phi) is 1.42. The van der Waals surface area contributed by atoms with Gasteiger partial charge in [-0.3, -0.25) is 0 Å². The standard InChI is InChI=1S/C6H6Cl/c7-5-6-3-1-2-4-6/h1-4H,5H2/q-1. The van der Waals surface area contributed by atoms with Crippen molar-refractivity contribution in [2.45, 2.75) is 5.88 Å². The van der Waals surface area contributed by atoms with E-state index in [1.807, 2.05) is 24.3 Å². The van der Waals surface area contributed by atoms with Crippen LogP contribution in [-0.2, 0) is 5.88 Å². The second kappa shape index (κ2) is 2.08. The van der Waals surface area contributed by atoms with Crippen molar-refractivity contribution in [3.8, 4) is 0 Å². The third-order valence-electron chi connectivity index (χ3n) is 0.886. The van der Waals surface area contributed by atoms with Gasteiger partial charge < -0.3 is 0 Å². The molecule has 0 radical (unpaired) electrons. The third kappa shape index (κ3) is 1.00. The molecule has 0 N–H and O–H groups in total. The zero-order valence-corrected chi connectivity index (χ0v) is 4.65. The molecule has 0 aliphatic carbocycles. The largest absolute Gasteiger partial charge is 0.209 e. The lowest BCUT2D eigenvalue weighted by Gasteiger charge is -1.88. The normalized spacial score (nSPS) is 9.29. The Morgan fingerprint density at radius 2 is 2.57 bits per heavy atom. The first kappa shape index (κ1) is 4.79. The third-order valence-corrected chi connectivity index (χ3v) is 1.19. The molecule has 1 aromatic carbocycles. The van der Waals surface area contributed by atoms with E-state index in [1.54, 1.807) is 0 Å². The van der Waals surface area contributed by atoms with E-state index in [0.29, 0.717) is 5.88 Å². The Balaban J connectivity index is 2.76. The molecule has 0 spiro atoms. The van der Waals surface area contributed by atoms with E-state index in [1.165, 1.54) is 5.56 Å². The fourth-order valence-corrected chi connectivity index (χ4v) is 0.681. The van der Waals surface area contributed by atoms with Crippen LogP contribution in [0.15, 0.2) is 24.3 Å². The van der Waals surface area contributed by atoms with E-state index >= 15 is 0 Å². The lowest BCUT2D eigenvalue weighted by molar-refractivity contribution is 1.46. The molecule has 0 nitrogen and oxygen atoms in total. The van der Waals surface area contributed by atoms with Crippen molar-refractivity contribution in [3.63, 3.8) is 0 Å². The summed E-state index contributed by atoms with van der Waals surface area (Å²) in [6.45, 7) is 0. The number of halogens is 1. The zero-order chi connectivity index (χ0) is 5.11. The Hall–Kier alpha value is -0.360. The van der Waals surface area contributed by atoms with E-state index in [9.17, 15) is 0 Å². The Morgan fingerprint density at radius 3 is 2.86 bits per heavy atom. The van der Waals surface area contributed by atoms with Crippen LogP contribution in [0, 0.1) is 0 Å². The van der Waals surface area contributed by atoms with Gasteiger partial charge in [-0.2, -0.15) is 23.8 Å². The van der Waals surface area contributed by atoms with Gasteiger partial charge in [0.1, 0.15) is 0 Å². The second-order valence-corrected chi connectivity index (χ2v) is 1.69. The van der Waals surface area contributed by atoms with Crippen molar-refractivity contribution in [1.29, 1.82) is 0 Å². The van der Waals surface area contributed by atoms with E-state index in [-0.39, 0.29) is 0 Å². The molecule has 7 heavy (non-hydrogen) atoms. The van der Waals surface area contributed by atoms with Gasteiger partial charge in [0.2, 0.25) is 0 Å². The number of hydrogen-bond donors (Lipinski definition) is 0. The van der Waals surface area contributed by atoms with Gasteiger partial charge in [0.05, 0.1) is 0 Å². The molecule has 1 rings (SSSR count). The highest BCUT2D eigenvalue weighted by Crippen LogP contribution is 2.01. The van der Waals surface area contributed by atoms with Gasteiger partial charge in [0.15, 0.2) is 0 Å². The van der Waals surface area contributed by atoms with Crippen LogP contribution in [0.25, 0.3) is 0 Å². The van der Waals surface area contributed by atoms with Crippen LogP contribution in [0.4, 0.5) is 0 Å². The van der Waals surface area contributed by atoms with Crippen LogP contribution in [0.1, 0.15) is 5.56 Å². The molecule has 1 heteroatoms. The summed E-state index contributed by atoms with van der Waals surface area (Å²) in [5.74, 6) is 0.632. The minimum Gasteiger partial charge on any atom is -0.209 e. The predicted octanol–water partition coefficient (Wildman–Crippen LogP) is 2.14. The van der Waals surface area contributed by atoms with Crippen LogP contribution in [-0.4, -0.2) is 0 Å². The maximum absolute atomic E-state index is 5.47. The Morgan fingerprint density at radius 1 is 1.71 bits per heavy atom. The second-order valence-electron chi connectivity index (χ2n) is 1.43. The van der Waals surface area contributed by atoms with Crippen molar-refractivity contribution in [2.75, 3.05) is 0 Å². The van der Waals surface area contributed by atoms with Gasteiger partial charge in [-0.15, -0.1) is 11.6 Å². The van der Waals surface area contributed by atoms with Crippen LogP contribution >= 0.6 is 11.6 Å². The van der Waals surface area contributed by atoms with Crippen LogP contribution in [0.3, 0.4) is 0 Å². The summed E-state index contributed by atoms with van der Waals surface area (Å²) in [4.78, 5) is 0. The Labute approximate surface area is 48.1 Å². The van der Waals surface area contributed by atoms with Gasteiger partial charge in [0, 0.05) is 0 Å². The van der Waals surface area contributed by atoms with Gasteiger partial charge >= 0.3 is 0 Å². The van der Waals surface area contributed by atoms with Crippen molar-refractivity contribution in [1.82, 2.24) is 0 Å². The van der Waals surface area contributed by atoms with Gasteiger partial charge in [-0.25, -0.2) is 6.07 Å². The molecular weight excluding hydrogens is 108 g/mol. The summed E-state index contributed by atoms with van der Waals surface area (Å²) < 4.78 is 0. The first-order valence-electron chi connectivity index (χ1n) is 2.20. The lowest BCUT2D eigenvalue weighted by atomic mass is 10.4. The maximum atomic E-state index is 5.47. The smallest absolute Gasteiger partial charge is 0.00751 e. The number of alkyl halides is 1. The summed E-state index contributed by atoms with van der Waals surface area (Å²) >= 11 is 5.47.